The van der Waals surface area contributed by atoms with Crippen molar-refractivity contribution in [1.82, 2.24) is 19.8 Å². The van der Waals surface area contributed by atoms with E-state index >= 15 is 0 Å². The predicted octanol–water partition coefficient (Wildman–Crippen LogP) is 5.81. The number of nitrogens with one attached hydrogen (secondary N) is 1. The number of hydrogen-bond donors (Lipinski definition) is 1. The quantitative estimate of drug-likeness (QED) is 0.333. The van der Waals surface area contributed by atoms with Gasteiger partial charge < -0.3 is 15.1 Å². The van der Waals surface area contributed by atoms with Crippen LogP contribution in [0.1, 0.15) is 51.8 Å². The van der Waals surface area contributed by atoms with Gasteiger partial charge in [-0.3, -0.25) is 4.79 Å². The van der Waals surface area contributed by atoms with Crippen molar-refractivity contribution in [2.45, 2.75) is 80.7 Å². The molecule has 3 aromatic rings. The first-order valence-electron chi connectivity index (χ1n) is 14.3. The minimum atomic E-state index is -4.80. The number of carbonyl (C=O) groups is 1. The van der Waals surface area contributed by atoms with Crippen molar-refractivity contribution in [3.63, 3.8) is 0 Å². The van der Waals surface area contributed by atoms with E-state index < -0.39 is 33.4 Å². The molecule has 1 aliphatic carbocycles. The topological polar surface area (TPSA) is 95.5 Å². The lowest BCUT2D eigenvalue weighted by molar-refractivity contribution is -0.144. The number of rotatable bonds is 8. The van der Waals surface area contributed by atoms with Gasteiger partial charge in [-0.1, -0.05) is 29.8 Å². The van der Waals surface area contributed by atoms with Gasteiger partial charge in [0, 0.05) is 29.0 Å². The average molecular weight is 638 g/mol. The number of anilines is 1. The number of carbonyl (C=O) groups excluding carboxylic acids is 1. The van der Waals surface area contributed by atoms with Gasteiger partial charge in [0.2, 0.25) is 11.7 Å². The molecular formula is C30H35ClF3N5O3S. The van der Waals surface area contributed by atoms with Crippen LogP contribution in [-0.4, -0.2) is 77.1 Å². The summed E-state index contributed by atoms with van der Waals surface area (Å²) < 4.78 is 68.3. The number of fused-ring (bicyclic) bond motifs is 1. The van der Waals surface area contributed by atoms with Crippen LogP contribution >= 0.6 is 11.6 Å². The maximum absolute atomic E-state index is 14.0. The normalized spacial score (nSPS) is 23.5. The third-order valence-electron chi connectivity index (χ3n) is 8.84. The number of hydrogen-bond acceptors (Lipinski definition) is 7. The maximum atomic E-state index is 14.0. The molecule has 0 radical (unpaired) electrons. The minimum absolute atomic E-state index is 0.0366. The Morgan fingerprint density at radius 1 is 1.09 bits per heavy atom. The number of likely N-dealkylation sites (tertiary alicyclic amines) is 1. The van der Waals surface area contributed by atoms with Crippen LogP contribution in [0.4, 0.5) is 19.0 Å². The Morgan fingerprint density at radius 2 is 1.77 bits per heavy atom. The summed E-state index contributed by atoms with van der Waals surface area (Å²) in [5, 5.41) is 3.48. The van der Waals surface area contributed by atoms with E-state index in [9.17, 15) is 26.4 Å². The Hall–Kier alpha value is -2.96. The van der Waals surface area contributed by atoms with E-state index in [4.69, 9.17) is 11.6 Å². The molecule has 0 bridgehead atoms. The fraction of sp³-hybridized carbons (Fsp3) is 0.500. The molecule has 13 heteroatoms. The van der Waals surface area contributed by atoms with Crippen LogP contribution in [0.15, 0.2) is 53.4 Å². The Kier molecular flexibility index (Phi) is 8.67. The first kappa shape index (κ1) is 31.5. The molecule has 1 saturated carbocycles. The van der Waals surface area contributed by atoms with Crippen LogP contribution in [0.5, 0.6) is 0 Å². The van der Waals surface area contributed by atoms with Gasteiger partial charge in [-0.2, -0.15) is 13.2 Å². The van der Waals surface area contributed by atoms with Crippen LogP contribution in [0.2, 0.25) is 5.02 Å². The van der Waals surface area contributed by atoms with Crippen LogP contribution in [0, 0.1) is 0 Å². The van der Waals surface area contributed by atoms with Gasteiger partial charge >= 0.3 is 6.18 Å². The van der Waals surface area contributed by atoms with Crippen molar-refractivity contribution < 1.29 is 26.4 Å². The van der Waals surface area contributed by atoms with E-state index in [0.29, 0.717) is 31.7 Å². The molecule has 0 unspecified atom stereocenters. The average Bonchev–Trinajstić information content (AvgIpc) is 3.33. The van der Waals surface area contributed by atoms with Gasteiger partial charge in [0.25, 0.3) is 0 Å². The van der Waals surface area contributed by atoms with Crippen LogP contribution < -0.4 is 5.32 Å². The summed E-state index contributed by atoms with van der Waals surface area (Å²) in [7, 11) is -1.70. The Labute approximate surface area is 254 Å². The van der Waals surface area contributed by atoms with E-state index in [1.165, 1.54) is 18.2 Å². The number of aromatic nitrogens is 2. The second-order valence-corrected chi connectivity index (χ2v) is 14.2. The zero-order valence-electron chi connectivity index (χ0n) is 24.2. The lowest BCUT2D eigenvalue weighted by Gasteiger charge is -2.48. The SMILES string of the molecule is CC(C)N(C)C1CCC(CS(=O)(=O)c2ccccc2)(N2CC[C@H](Nc3nc(C(F)(F)F)nc4ccc(Cl)cc34)C2=O)CC1. The third kappa shape index (κ3) is 6.46. The summed E-state index contributed by atoms with van der Waals surface area (Å²) in [6, 6.07) is 12.1. The van der Waals surface area contributed by atoms with Crippen LogP contribution in [-0.2, 0) is 20.8 Å². The van der Waals surface area contributed by atoms with E-state index in [1.54, 1.807) is 35.2 Å². The Bertz CT molecular complexity index is 1600. The molecule has 1 N–H and O–H groups in total. The van der Waals surface area contributed by atoms with Gasteiger partial charge in [0.05, 0.1) is 21.7 Å². The molecule has 2 heterocycles. The highest BCUT2D eigenvalue weighted by atomic mass is 35.5. The largest absolute Gasteiger partial charge is 0.451 e. The maximum Gasteiger partial charge on any atom is 0.451 e. The van der Waals surface area contributed by atoms with Gasteiger partial charge in [0.1, 0.15) is 11.9 Å². The number of benzene rings is 2. The zero-order chi connectivity index (χ0) is 31.2. The van der Waals surface area contributed by atoms with E-state index in [-0.39, 0.29) is 57.3 Å². The molecule has 8 nitrogen and oxygen atoms in total. The molecule has 1 atom stereocenters. The van der Waals surface area contributed by atoms with Gasteiger partial charge in [0.15, 0.2) is 9.84 Å². The molecule has 5 rings (SSSR count). The molecular weight excluding hydrogens is 603 g/mol. The second kappa shape index (κ2) is 11.9. The number of amides is 1. The summed E-state index contributed by atoms with van der Waals surface area (Å²) in [6.07, 6.45) is -2.12. The monoisotopic (exact) mass is 637 g/mol. The van der Waals surface area contributed by atoms with E-state index in [2.05, 4.69) is 41.1 Å². The fourth-order valence-corrected chi connectivity index (χ4v) is 8.38. The van der Waals surface area contributed by atoms with Crippen LogP contribution in [0.3, 0.4) is 0 Å². The molecule has 1 saturated heterocycles. The van der Waals surface area contributed by atoms with Crippen LogP contribution in [0.25, 0.3) is 10.9 Å². The minimum Gasteiger partial charge on any atom is -0.358 e. The standard InChI is InChI=1S/C30H35ClF3N5O3S/c1-19(2)38(3)21-11-14-29(15-12-21,18-43(41,42)22-7-5-4-6-8-22)39-16-13-25(27(39)40)35-26-23-17-20(31)9-10-24(23)36-28(37-26)30(32,33)34/h4-10,17,19,21,25H,11-16,18H2,1-3H3,(H,35,36,37)/t21?,25-,29?/m0/s1. The highest BCUT2D eigenvalue weighted by Crippen LogP contribution is 2.41. The summed E-state index contributed by atoms with van der Waals surface area (Å²) >= 11 is 6.13. The predicted molar refractivity (Wildman–Crippen MR) is 160 cm³/mol. The van der Waals surface area contributed by atoms with Crippen molar-refractivity contribution in [1.29, 1.82) is 0 Å². The summed E-state index contributed by atoms with van der Waals surface area (Å²) in [5.41, 5.74) is -0.917. The summed E-state index contributed by atoms with van der Waals surface area (Å²) in [5.74, 6) is -2.06. The molecule has 232 valence electrons. The van der Waals surface area contributed by atoms with Gasteiger partial charge in [-0.05, 0) is 83.3 Å². The van der Waals surface area contributed by atoms with Crippen molar-refractivity contribution in [3.05, 3.63) is 59.4 Å². The highest BCUT2D eigenvalue weighted by molar-refractivity contribution is 7.91. The number of sulfone groups is 1. The molecule has 1 aliphatic heterocycles. The first-order chi connectivity index (χ1) is 20.2. The van der Waals surface area contributed by atoms with Crippen molar-refractivity contribution in [2.24, 2.45) is 0 Å². The highest BCUT2D eigenvalue weighted by Gasteiger charge is 2.50. The molecule has 2 aliphatic rings. The Morgan fingerprint density at radius 3 is 2.40 bits per heavy atom. The smallest absolute Gasteiger partial charge is 0.358 e. The lowest BCUT2D eigenvalue weighted by atomic mass is 9.78. The molecule has 2 fully saturated rings. The molecule has 0 spiro atoms. The number of alkyl halides is 3. The van der Waals surface area contributed by atoms with Gasteiger partial charge in [-0.25, -0.2) is 18.4 Å². The second-order valence-electron chi connectivity index (χ2n) is 11.8. The Balaban J connectivity index is 1.46. The summed E-state index contributed by atoms with van der Waals surface area (Å²) in [4.78, 5) is 25.5. The molecule has 1 amide bonds. The lowest BCUT2D eigenvalue weighted by Crippen LogP contribution is -2.58. The van der Waals surface area contributed by atoms with Crippen molar-refractivity contribution in [2.75, 3.05) is 24.7 Å². The van der Waals surface area contributed by atoms with Gasteiger partial charge in [-0.15, -0.1) is 0 Å². The molecule has 2 aromatic carbocycles. The number of nitrogens with zero attached hydrogens (tertiary/aromatic N) is 4. The van der Waals surface area contributed by atoms with Crippen molar-refractivity contribution in [3.8, 4) is 0 Å². The fourth-order valence-electron chi connectivity index (χ4n) is 6.31. The summed E-state index contributed by atoms with van der Waals surface area (Å²) in [6.45, 7) is 4.48. The molecule has 1 aromatic heterocycles. The number of halogens is 4. The zero-order valence-corrected chi connectivity index (χ0v) is 25.8. The van der Waals surface area contributed by atoms with E-state index in [0.717, 1.165) is 0 Å². The van der Waals surface area contributed by atoms with Crippen molar-refractivity contribution >= 4 is 44.1 Å². The third-order valence-corrected chi connectivity index (χ3v) is 11.0. The van der Waals surface area contributed by atoms with E-state index in [1.807, 2.05) is 0 Å². The molecule has 43 heavy (non-hydrogen) atoms. The first-order valence-corrected chi connectivity index (χ1v) is 16.4.